The van der Waals surface area contributed by atoms with Gasteiger partial charge in [-0.3, -0.25) is 0 Å². The van der Waals surface area contributed by atoms with Gasteiger partial charge in [-0.05, 0) is 56.1 Å². The third kappa shape index (κ3) is 2.75. The number of anilines is 1. The fourth-order valence-corrected chi connectivity index (χ4v) is 3.81. The van der Waals surface area contributed by atoms with Crippen LogP contribution in [0.2, 0.25) is 0 Å². The van der Waals surface area contributed by atoms with Gasteiger partial charge in [0.15, 0.2) is 0 Å². The van der Waals surface area contributed by atoms with E-state index >= 15 is 0 Å². The maximum atomic E-state index is 6.44. The molecule has 126 valence electrons. The van der Waals surface area contributed by atoms with Crippen LogP contribution >= 0.6 is 0 Å². The number of nitrogens with two attached hydrogens (primary N) is 1. The molecule has 0 atom stereocenters. The molecule has 1 aromatic carbocycles. The number of benzene rings is 1. The zero-order valence-electron chi connectivity index (χ0n) is 14.5. The molecule has 4 heteroatoms. The fraction of sp³-hybridized carbons (Fsp3) is 0.450. The van der Waals surface area contributed by atoms with Crippen molar-refractivity contribution in [1.82, 2.24) is 9.88 Å². The van der Waals surface area contributed by atoms with Crippen molar-refractivity contribution in [3.8, 4) is 17.0 Å². The highest BCUT2D eigenvalue weighted by Crippen LogP contribution is 2.36. The van der Waals surface area contributed by atoms with E-state index in [4.69, 9.17) is 10.5 Å². The summed E-state index contributed by atoms with van der Waals surface area (Å²) in [6.07, 6.45) is 7.69. The van der Waals surface area contributed by atoms with Crippen molar-refractivity contribution in [2.45, 2.75) is 44.2 Å². The zero-order valence-corrected chi connectivity index (χ0v) is 14.5. The number of nitrogen functional groups attached to an aromatic ring is 1. The number of hydrogen-bond acceptors (Lipinski definition) is 4. The van der Waals surface area contributed by atoms with Crippen LogP contribution in [0.15, 0.2) is 30.5 Å². The van der Waals surface area contributed by atoms with Gasteiger partial charge in [0.2, 0.25) is 5.88 Å². The van der Waals surface area contributed by atoms with Crippen molar-refractivity contribution in [3.63, 3.8) is 0 Å². The molecule has 1 heterocycles. The molecular formula is C20H25N3O. The maximum absolute atomic E-state index is 6.44. The van der Waals surface area contributed by atoms with Crippen molar-refractivity contribution < 1.29 is 4.74 Å². The van der Waals surface area contributed by atoms with Gasteiger partial charge in [0.05, 0.1) is 0 Å². The van der Waals surface area contributed by atoms with Crippen LogP contribution < -0.4 is 10.5 Å². The van der Waals surface area contributed by atoms with Gasteiger partial charge in [-0.25, -0.2) is 4.98 Å². The minimum absolute atomic E-state index is 0.275. The standard InChI is InChI=1S/C20H25N3O/c1-23(2)15-11-16(12-15)24-19-10-14(8-9-22-19)18-7-6-13-4-3-5-17(13)20(18)21/h6-10,15-16H,3-5,11-12,21H2,1-2H3. The highest BCUT2D eigenvalue weighted by molar-refractivity contribution is 5.80. The predicted octanol–water partition coefficient (Wildman–Crippen LogP) is 3.29. The first-order valence-corrected chi connectivity index (χ1v) is 8.81. The van der Waals surface area contributed by atoms with Gasteiger partial charge in [-0.2, -0.15) is 0 Å². The van der Waals surface area contributed by atoms with E-state index in [1.54, 1.807) is 0 Å². The second-order valence-electron chi connectivity index (χ2n) is 7.23. The van der Waals surface area contributed by atoms with E-state index in [2.05, 4.69) is 36.1 Å². The van der Waals surface area contributed by atoms with Crippen molar-refractivity contribution in [1.29, 1.82) is 0 Å². The Morgan fingerprint density at radius 3 is 2.79 bits per heavy atom. The lowest BCUT2D eigenvalue weighted by Crippen LogP contribution is -2.46. The van der Waals surface area contributed by atoms with E-state index in [9.17, 15) is 0 Å². The number of hydrogen-bond donors (Lipinski definition) is 1. The summed E-state index contributed by atoms with van der Waals surface area (Å²) in [6, 6.07) is 9.04. The first-order valence-electron chi connectivity index (χ1n) is 8.81. The number of pyridine rings is 1. The number of rotatable bonds is 4. The number of ether oxygens (including phenoxy) is 1. The summed E-state index contributed by atoms with van der Waals surface area (Å²) in [5.74, 6) is 0.703. The van der Waals surface area contributed by atoms with Crippen LogP contribution in [0.25, 0.3) is 11.1 Å². The SMILES string of the molecule is CN(C)C1CC(Oc2cc(-c3ccc4c(c3N)CCC4)ccn2)C1. The van der Waals surface area contributed by atoms with Gasteiger partial charge >= 0.3 is 0 Å². The number of aryl methyl sites for hydroxylation is 1. The maximum Gasteiger partial charge on any atom is 0.214 e. The molecule has 0 bridgehead atoms. The molecule has 4 nitrogen and oxygen atoms in total. The molecule has 0 amide bonds. The molecule has 2 N–H and O–H groups in total. The summed E-state index contributed by atoms with van der Waals surface area (Å²) in [6.45, 7) is 0. The van der Waals surface area contributed by atoms with Crippen LogP contribution in [-0.2, 0) is 12.8 Å². The summed E-state index contributed by atoms with van der Waals surface area (Å²) < 4.78 is 6.05. The minimum Gasteiger partial charge on any atom is -0.474 e. The summed E-state index contributed by atoms with van der Waals surface area (Å²) in [7, 11) is 4.24. The monoisotopic (exact) mass is 323 g/mol. The topological polar surface area (TPSA) is 51.4 Å². The van der Waals surface area contributed by atoms with Gasteiger partial charge < -0.3 is 15.4 Å². The lowest BCUT2D eigenvalue weighted by Gasteiger charge is -2.39. The first-order chi connectivity index (χ1) is 11.6. The molecule has 0 spiro atoms. The molecule has 2 aliphatic rings. The molecule has 0 unspecified atom stereocenters. The van der Waals surface area contributed by atoms with Crippen LogP contribution in [0.4, 0.5) is 5.69 Å². The molecule has 0 aliphatic heterocycles. The second-order valence-corrected chi connectivity index (χ2v) is 7.23. The highest BCUT2D eigenvalue weighted by atomic mass is 16.5. The summed E-state index contributed by atoms with van der Waals surface area (Å²) in [4.78, 5) is 6.64. The van der Waals surface area contributed by atoms with Gasteiger partial charge in [-0.15, -0.1) is 0 Å². The van der Waals surface area contributed by atoms with E-state index in [0.29, 0.717) is 11.9 Å². The molecule has 2 aliphatic carbocycles. The van der Waals surface area contributed by atoms with Crippen LogP contribution in [-0.4, -0.2) is 36.1 Å². The molecule has 1 aromatic heterocycles. The Morgan fingerprint density at radius 2 is 2.00 bits per heavy atom. The number of aromatic nitrogens is 1. The van der Waals surface area contributed by atoms with E-state index in [-0.39, 0.29) is 6.10 Å². The van der Waals surface area contributed by atoms with Crippen LogP contribution in [0.1, 0.15) is 30.4 Å². The second kappa shape index (κ2) is 6.10. The van der Waals surface area contributed by atoms with Crippen LogP contribution in [0, 0.1) is 0 Å². The largest absolute Gasteiger partial charge is 0.474 e. The number of fused-ring (bicyclic) bond motifs is 1. The van der Waals surface area contributed by atoms with Crippen molar-refractivity contribution >= 4 is 5.69 Å². The lowest BCUT2D eigenvalue weighted by atomic mass is 9.88. The summed E-state index contributed by atoms with van der Waals surface area (Å²) in [5.41, 5.74) is 12.3. The van der Waals surface area contributed by atoms with E-state index in [0.717, 1.165) is 42.5 Å². The van der Waals surface area contributed by atoms with Crippen LogP contribution in [0.5, 0.6) is 5.88 Å². The van der Waals surface area contributed by atoms with Crippen molar-refractivity contribution in [2.75, 3.05) is 19.8 Å². The average molecular weight is 323 g/mol. The molecule has 4 rings (SSSR count). The van der Waals surface area contributed by atoms with Crippen molar-refractivity contribution in [2.24, 2.45) is 0 Å². The van der Waals surface area contributed by atoms with Gasteiger partial charge in [0.25, 0.3) is 0 Å². The van der Waals surface area contributed by atoms with Gasteiger partial charge in [-0.1, -0.05) is 12.1 Å². The lowest BCUT2D eigenvalue weighted by molar-refractivity contribution is 0.0370. The van der Waals surface area contributed by atoms with Crippen molar-refractivity contribution in [3.05, 3.63) is 41.6 Å². The Hall–Kier alpha value is -2.07. The smallest absolute Gasteiger partial charge is 0.214 e. The van der Waals surface area contributed by atoms with E-state index < -0.39 is 0 Å². The fourth-order valence-electron chi connectivity index (χ4n) is 3.81. The minimum atomic E-state index is 0.275. The molecule has 1 fully saturated rings. The molecule has 0 saturated heterocycles. The van der Waals surface area contributed by atoms with Crippen LogP contribution in [0.3, 0.4) is 0 Å². The summed E-state index contributed by atoms with van der Waals surface area (Å²) in [5, 5.41) is 0. The highest BCUT2D eigenvalue weighted by Gasteiger charge is 2.32. The predicted molar refractivity (Wildman–Crippen MR) is 97.2 cm³/mol. The normalized spacial score (nSPS) is 22.3. The quantitative estimate of drug-likeness (QED) is 0.877. The molecule has 2 aromatic rings. The number of nitrogens with zero attached hydrogens (tertiary/aromatic N) is 2. The Morgan fingerprint density at radius 1 is 1.17 bits per heavy atom. The Balaban J connectivity index is 1.53. The zero-order chi connectivity index (χ0) is 16.7. The van der Waals surface area contributed by atoms with Gasteiger partial charge in [0, 0.05) is 42.4 Å². The Kier molecular flexibility index (Phi) is 3.93. The molecular weight excluding hydrogens is 298 g/mol. The van der Waals surface area contributed by atoms with Gasteiger partial charge in [0.1, 0.15) is 6.10 Å². The Labute approximate surface area is 143 Å². The third-order valence-corrected chi connectivity index (χ3v) is 5.46. The Bertz CT molecular complexity index is 751. The third-order valence-electron chi connectivity index (χ3n) is 5.46. The van der Waals surface area contributed by atoms with E-state index in [1.807, 2.05) is 18.3 Å². The first kappa shape index (κ1) is 15.5. The summed E-state index contributed by atoms with van der Waals surface area (Å²) >= 11 is 0. The molecule has 24 heavy (non-hydrogen) atoms. The molecule has 1 saturated carbocycles. The van der Waals surface area contributed by atoms with E-state index in [1.165, 1.54) is 17.5 Å². The molecule has 0 radical (unpaired) electrons. The average Bonchev–Trinajstić information content (AvgIpc) is 3.00.